The predicted octanol–water partition coefficient (Wildman–Crippen LogP) is 3.25. The zero-order valence-electron chi connectivity index (χ0n) is 16.0. The van der Waals surface area contributed by atoms with E-state index in [4.69, 9.17) is 4.42 Å². The number of nitrogens with zero attached hydrogens (tertiary/aromatic N) is 1. The molecule has 0 bridgehead atoms. The second-order valence-electron chi connectivity index (χ2n) is 7.87. The van der Waals surface area contributed by atoms with E-state index >= 15 is 0 Å². The van der Waals surface area contributed by atoms with Crippen LogP contribution in [-0.4, -0.2) is 16.8 Å². The van der Waals surface area contributed by atoms with Crippen molar-refractivity contribution in [2.24, 2.45) is 0 Å². The van der Waals surface area contributed by atoms with Gasteiger partial charge in [0.25, 0.3) is 5.91 Å². The van der Waals surface area contributed by atoms with Gasteiger partial charge in [0, 0.05) is 11.5 Å². The molecule has 146 valence electrons. The van der Waals surface area contributed by atoms with Crippen LogP contribution in [0.4, 0.5) is 4.79 Å². The molecule has 1 saturated heterocycles. The van der Waals surface area contributed by atoms with Gasteiger partial charge in [0.15, 0.2) is 0 Å². The maximum Gasteiger partial charge on any atom is 0.336 e. The molecule has 1 aromatic heterocycles. The fraction of sp³-hybridized carbons (Fsp3) is 0.261. The highest BCUT2D eigenvalue weighted by atomic mass is 16.4. The average molecular weight is 388 g/mol. The number of hydrogen-bond donors (Lipinski definition) is 1. The molecule has 2 heterocycles. The molecule has 0 saturated carbocycles. The number of rotatable bonds is 3. The highest BCUT2D eigenvalue weighted by Gasteiger charge is 2.48. The third-order valence-electron chi connectivity index (χ3n) is 6.00. The van der Waals surface area contributed by atoms with Crippen molar-refractivity contribution in [2.45, 2.75) is 38.3 Å². The minimum absolute atomic E-state index is 0.0218. The van der Waals surface area contributed by atoms with Gasteiger partial charge >= 0.3 is 11.7 Å². The molecule has 2 aromatic carbocycles. The Balaban J connectivity index is 1.55. The molecular weight excluding hydrogens is 368 g/mol. The summed E-state index contributed by atoms with van der Waals surface area (Å²) in [6.45, 7) is 1.72. The first-order chi connectivity index (χ1) is 14.0. The summed E-state index contributed by atoms with van der Waals surface area (Å²) >= 11 is 0. The summed E-state index contributed by atoms with van der Waals surface area (Å²) in [6.07, 6.45) is 3.04. The topological polar surface area (TPSA) is 79.6 Å². The van der Waals surface area contributed by atoms with Crippen LogP contribution in [0.1, 0.15) is 35.6 Å². The largest absolute Gasteiger partial charge is 0.423 e. The third-order valence-corrected chi connectivity index (χ3v) is 6.00. The van der Waals surface area contributed by atoms with Crippen molar-refractivity contribution in [3.05, 3.63) is 81.2 Å². The number of carbonyl (C=O) groups is 2. The van der Waals surface area contributed by atoms with Crippen LogP contribution in [0.3, 0.4) is 0 Å². The van der Waals surface area contributed by atoms with E-state index in [1.54, 1.807) is 6.92 Å². The zero-order valence-corrected chi connectivity index (χ0v) is 16.0. The van der Waals surface area contributed by atoms with Crippen molar-refractivity contribution in [2.75, 3.05) is 0 Å². The van der Waals surface area contributed by atoms with Gasteiger partial charge in [-0.15, -0.1) is 0 Å². The van der Waals surface area contributed by atoms with Crippen molar-refractivity contribution in [1.82, 2.24) is 10.2 Å². The molecule has 5 rings (SSSR count). The number of hydrogen-bond acceptors (Lipinski definition) is 4. The van der Waals surface area contributed by atoms with Gasteiger partial charge in [-0.3, -0.25) is 9.69 Å². The summed E-state index contributed by atoms with van der Waals surface area (Å²) in [5.41, 5.74) is 2.66. The van der Waals surface area contributed by atoms with Crippen LogP contribution in [-0.2, 0) is 29.7 Å². The minimum Gasteiger partial charge on any atom is -0.423 e. The first-order valence-corrected chi connectivity index (χ1v) is 9.74. The lowest BCUT2D eigenvalue weighted by atomic mass is 9.92. The molecular formula is C23H20N2O4. The van der Waals surface area contributed by atoms with Gasteiger partial charge in [-0.05, 0) is 60.6 Å². The molecule has 1 aliphatic heterocycles. The Bertz CT molecular complexity index is 1210. The maximum absolute atomic E-state index is 13.2. The normalized spacial score (nSPS) is 20.9. The van der Waals surface area contributed by atoms with Crippen LogP contribution < -0.4 is 10.9 Å². The lowest BCUT2D eigenvalue weighted by Gasteiger charge is -2.22. The van der Waals surface area contributed by atoms with Gasteiger partial charge in [-0.25, -0.2) is 9.59 Å². The van der Waals surface area contributed by atoms with E-state index in [1.165, 1.54) is 22.1 Å². The van der Waals surface area contributed by atoms with E-state index in [9.17, 15) is 14.4 Å². The molecule has 3 aromatic rings. The Hall–Kier alpha value is -3.41. The van der Waals surface area contributed by atoms with Gasteiger partial charge in [-0.2, -0.15) is 0 Å². The molecule has 1 N–H and O–H groups in total. The summed E-state index contributed by atoms with van der Waals surface area (Å²) in [4.78, 5) is 39.2. The SMILES string of the molecule is CC1(c2ccccc2)NC(=O)N(Cc2cc(=O)oc3cc4c(cc23)CCC4)C1=O. The van der Waals surface area contributed by atoms with E-state index < -0.39 is 17.2 Å². The van der Waals surface area contributed by atoms with E-state index in [0.29, 0.717) is 11.1 Å². The number of fused-ring (bicyclic) bond motifs is 2. The monoisotopic (exact) mass is 388 g/mol. The standard InChI is InChI=1S/C23H20N2O4/c1-23(17-8-3-2-4-9-17)21(27)25(22(28)24-23)13-16-12-20(26)29-19-11-15-7-5-6-14(15)10-18(16)19/h2-4,8-12H,5-7,13H2,1H3,(H,24,28). The lowest BCUT2D eigenvalue weighted by molar-refractivity contribution is -0.131. The molecule has 1 aliphatic carbocycles. The van der Waals surface area contributed by atoms with Crippen molar-refractivity contribution in [1.29, 1.82) is 0 Å². The number of benzene rings is 2. The van der Waals surface area contributed by atoms with Crippen LogP contribution in [0.5, 0.6) is 0 Å². The lowest BCUT2D eigenvalue weighted by Crippen LogP contribution is -2.40. The number of imide groups is 1. The number of aryl methyl sites for hydroxylation is 2. The Kier molecular flexibility index (Phi) is 3.84. The summed E-state index contributed by atoms with van der Waals surface area (Å²) < 4.78 is 5.40. The Morgan fingerprint density at radius 1 is 1.03 bits per heavy atom. The van der Waals surface area contributed by atoms with E-state index in [1.807, 2.05) is 42.5 Å². The number of nitrogens with one attached hydrogen (secondary N) is 1. The first kappa shape index (κ1) is 17.7. The molecule has 1 unspecified atom stereocenters. The van der Waals surface area contributed by atoms with Crippen molar-refractivity contribution in [3.63, 3.8) is 0 Å². The third kappa shape index (κ3) is 2.75. The van der Waals surface area contributed by atoms with Crippen molar-refractivity contribution >= 4 is 22.9 Å². The van der Waals surface area contributed by atoms with E-state index in [0.717, 1.165) is 30.2 Å². The second-order valence-corrected chi connectivity index (χ2v) is 7.87. The number of urea groups is 1. The van der Waals surface area contributed by atoms with Gasteiger partial charge in [0.2, 0.25) is 0 Å². The maximum atomic E-state index is 13.2. The van der Waals surface area contributed by atoms with Gasteiger partial charge in [-0.1, -0.05) is 30.3 Å². The molecule has 3 amide bonds. The Morgan fingerprint density at radius 2 is 1.76 bits per heavy atom. The van der Waals surface area contributed by atoms with Crippen LogP contribution in [0, 0.1) is 0 Å². The molecule has 1 fully saturated rings. The Morgan fingerprint density at radius 3 is 2.52 bits per heavy atom. The van der Waals surface area contributed by atoms with E-state index in [2.05, 4.69) is 5.32 Å². The number of amides is 3. The molecule has 29 heavy (non-hydrogen) atoms. The molecule has 6 nitrogen and oxygen atoms in total. The van der Waals surface area contributed by atoms with Gasteiger partial charge < -0.3 is 9.73 Å². The smallest absolute Gasteiger partial charge is 0.336 e. The zero-order chi connectivity index (χ0) is 20.2. The summed E-state index contributed by atoms with van der Waals surface area (Å²) in [5.74, 6) is -0.337. The fourth-order valence-electron chi connectivity index (χ4n) is 4.40. The average Bonchev–Trinajstić information content (AvgIpc) is 3.25. The highest BCUT2D eigenvalue weighted by molar-refractivity contribution is 6.07. The van der Waals surface area contributed by atoms with Crippen LogP contribution >= 0.6 is 0 Å². The summed E-state index contributed by atoms with van der Waals surface area (Å²) in [5, 5.41) is 3.58. The van der Waals surface area contributed by atoms with E-state index in [-0.39, 0.29) is 12.5 Å². The van der Waals surface area contributed by atoms with Crippen LogP contribution in [0.15, 0.2) is 57.7 Å². The van der Waals surface area contributed by atoms with Gasteiger partial charge in [0.1, 0.15) is 11.1 Å². The molecule has 2 aliphatic rings. The van der Waals surface area contributed by atoms with Crippen LogP contribution in [0.2, 0.25) is 0 Å². The second kappa shape index (κ2) is 6.30. The predicted molar refractivity (Wildman–Crippen MR) is 107 cm³/mol. The molecule has 0 spiro atoms. The minimum atomic E-state index is -1.13. The molecule has 0 radical (unpaired) electrons. The van der Waals surface area contributed by atoms with Crippen molar-refractivity contribution in [3.8, 4) is 0 Å². The molecule has 1 atom stereocenters. The fourth-order valence-corrected chi connectivity index (χ4v) is 4.40. The summed E-state index contributed by atoms with van der Waals surface area (Å²) in [6, 6.07) is 14.0. The Labute approximate surface area is 167 Å². The highest BCUT2D eigenvalue weighted by Crippen LogP contribution is 2.32. The summed E-state index contributed by atoms with van der Waals surface area (Å²) in [7, 11) is 0. The first-order valence-electron chi connectivity index (χ1n) is 9.74. The van der Waals surface area contributed by atoms with Gasteiger partial charge in [0.05, 0.1) is 6.54 Å². The quantitative estimate of drug-likeness (QED) is 0.552. The van der Waals surface area contributed by atoms with Crippen LogP contribution in [0.25, 0.3) is 11.0 Å². The number of carbonyl (C=O) groups excluding carboxylic acids is 2. The molecule has 6 heteroatoms. The van der Waals surface area contributed by atoms with Crippen molar-refractivity contribution < 1.29 is 14.0 Å².